The molecule has 0 unspecified atom stereocenters. The lowest BCUT2D eigenvalue weighted by molar-refractivity contribution is -0.137. The lowest BCUT2D eigenvalue weighted by Gasteiger charge is -2.07. The van der Waals surface area contributed by atoms with Crippen LogP contribution in [0, 0.1) is 23.7 Å². The van der Waals surface area contributed by atoms with Gasteiger partial charge >= 0.3 is 11.9 Å². The van der Waals surface area contributed by atoms with Crippen LogP contribution in [-0.4, -0.2) is 30.3 Å². The third kappa shape index (κ3) is 10.4. The highest BCUT2D eigenvalue weighted by molar-refractivity contribution is 8.14. The summed E-state index contributed by atoms with van der Waals surface area (Å²) in [6.07, 6.45) is 3.68. The molecule has 0 saturated carbocycles. The molecule has 40 heavy (non-hydrogen) atoms. The van der Waals surface area contributed by atoms with Gasteiger partial charge in [-0.1, -0.05) is 25.0 Å². The SMILES string of the molecule is C=CC(=O)OCCCCOc1ccc(SC(=O)c2ccc(C#CC#Cc3ccc(OC(=O)C=C)cc3)cc2)cc1. The maximum absolute atomic E-state index is 12.7. The average Bonchev–Trinajstić information content (AvgIpc) is 2.98. The van der Waals surface area contributed by atoms with Gasteiger partial charge < -0.3 is 14.2 Å². The van der Waals surface area contributed by atoms with Gasteiger partial charge in [-0.3, -0.25) is 4.79 Å². The summed E-state index contributed by atoms with van der Waals surface area (Å²) in [6.45, 7) is 7.54. The first kappa shape index (κ1) is 29.6. The highest BCUT2D eigenvalue weighted by Crippen LogP contribution is 2.25. The fourth-order valence-electron chi connectivity index (χ4n) is 3.06. The van der Waals surface area contributed by atoms with Gasteiger partial charge in [0, 0.05) is 33.7 Å². The van der Waals surface area contributed by atoms with E-state index >= 15 is 0 Å². The molecule has 0 atom stereocenters. The van der Waals surface area contributed by atoms with E-state index in [4.69, 9.17) is 14.2 Å². The summed E-state index contributed by atoms with van der Waals surface area (Å²) >= 11 is 1.13. The number of thioether (sulfide) groups is 1. The molecule has 6 nitrogen and oxygen atoms in total. The van der Waals surface area contributed by atoms with Crippen LogP contribution in [0.3, 0.4) is 0 Å². The summed E-state index contributed by atoms with van der Waals surface area (Å²) in [5.41, 5.74) is 2.04. The van der Waals surface area contributed by atoms with Gasteiger partial charge in [0.25, 0.3) is 0 Å². The van der Waals surface area contributed by atoms with Crippen LogP contribution < -0.4 is 9.47 Å². The fourth-order valence-corrected chi connectivity index (χ4v) is 3.80. The molecule has 0 aliphatic carbocycles. The van der Waals surface area contributed by atoms with Crippen molar-refractivity contribution in [2.45, 2.75) is 17.7 Å². The number of rotatable bonds is 11. The van der Waals surface area contributed by atoms with Gasteiger partial charge in [0.1, 0.15) is 11.5 Å². The highest BCUT2D eigenvalue weighted by atomic mass is 32.2. The molecule has 0 bridgehead atoms. The van der Waals surface area contributed by atoms with Crippen LogP contribution in [0.4, 0.5) is 0 Å². The number of unbranched alkanes of at least 4 members (excludes halogenated alkanes) is 1. The topological polar surface area (TPSA) is 78.9 Å². The minimum atomic E-state index is -0.522. The predicted octanol–water partition coefficient (Wildman–Crippen LogP) is 6.00. The largest absolute Gasteiger partial charge is 0.494 e. The molecule has 0 aromatic heterocycles. The van der Waals surface area contributed by atoms with E-state index in [0.717, 1.165) is 46.4 Å². The summed E-state index contributed by atoms with van der Waals surface area (Å²) in [6, 6.07) is 21.1. The molecule has 3 aromatic rings. The van der Waals surface area contributed by atoms with E-state index in [0.29, 0.717) is 36.7 Å². The Bertz CT molecular complexity index is 1460. The number of carbonyl (C=O) groups is 3. The van der Waals surface area contributed by atoms with E-state index in [1.165, 1.54) is 0 Å². The molecule has 0 aliphatic heterocycles. The number of hydrogen-bond acceptors (Lipinski definition) is 7. The van der Waals surface area contributed by atoms with Gasteiger partial charge in [-0.15, -0.1) is 0 Å². The van der Waals surface area contributed by atoms with Crippen LogP contribution in [0.25, 0.3) is 0 Å². The molecule has 0 fully saturated rings. The van der Waals surface area contributed by atoms with Crippen LogP contribution in [0.5, 0.6) is 11.5 Å². The Morgan fingerprint density at radius 2 is 1.25 bits per heavy atom. The molecule has 200 valence electrons. The summed E-state index contributed by atoms with van der Waals surface area (Å²) in [7, 11) is 0. The molecule has 0 saturated heterocycles. The first-order valence-corrected chi connectivity index (χ1v) is 13.1. The molecule has 0 radical (unpaired) electrons. The van der Waals surface area contributed by atoms with E-state index < -0.39 is 11.9 Å². The second-order valence-electron chi connectivity index (χ2n) is 8.02. The Hall–Kier alpha value is -4.98. The van der Waals surface area contributed by atoms with Crippen molar-refractivity contribution < 1.29 is 28.6 Å². The second kappa shape index (κ2) is 16.1. The van der Waals surface area contributed by atoms with E-state index in [-0.39, 0.29) is 5.12 Å². The zero-order chi connectivity index (χ0) is 28.6. The minimum Gasteiger partial charge on any atom is -0.494 e. The van der Waals surface area contributed by atoms with Crippen molar-refractivity contribution in [2.24, 2.45) is 0 Å². The molecule has 0 spiro atoms. The minimum absolute atomic E-state index is 0.0794. The Kier molecular flexibility index (Phi) is 11.9. The van der Waals surface area contributed by atoms with Crippen LogP contribution in [0.2, 0.25) is 0 Å². The molecule has 0 N–H and O–H groups in total. The van der Waals surface area contributed by atoms with E-state index in [1.807, 2.05) is 24.3 Å². The van der Waals surface area contributed by atoms with Gasteiger partial charge in [-0.05, 0) is 109 Å². The summed E-state index contributed by atoms with van der Waals surface area (Å²) in [5, 5.41) is -0.0794. The van der Waals surface area contributed by atoms with E-state index in [9.17, 15) is 14.4 Å². The Morgan fingerprint density at radius 3 is 1.85 bits per heavy atom. The Labute approximate surface area is 238 Å². The third-order valence-electron chi connectivity index (χ3n) is 5.09. The van der Waals surface area contributed by atoms with Crippen LogP contribution >= 0.6 is 11.8 Å². The molecule has 0 amide bonds. The molecule has 0 heterocycles. The smallest absolute Gasteiger partial charge is 0.335 e. The Morgan fingerprint density at radius 1 is 0.700 bits per heavy atom. The van der Waals surface area contributed by atoms with Crippen molar-refractivity contribution in [3.63, 3.8) is 0 Å². The standard InChI is InChI=1S/C33H26O6S/c1-3-31(34)38-24-8-7-23-37-28-19-21-30(22-20-28)40-33(36)27-15-11-25(12-16-27)9-5-6-10-26-13-17-29(18-14-26)39-32(35)4-2/h3-4,11-22H,1-2,7-8,23-24H2. The van der Waals surface area contributed by atoms with E-state index in [1.54, 1.807) is 48.5 Å². The number of carbonyl (C=O) groups excluding carboxylic acids is 3. The zero-order valence-corrected chi connectivity index (χ0v) is 22.5. The molecular formula is C33H26O6S. The molecule has 0 aliphatic rings. The third-order valence-corrected chi connectivity index (χ3v) is 6.02. The first-order valence-electron chi connectivity index (χ1n) is 12.3. The van der Waals surface area contributed by atoms with Crippen molar-refractivity contribution in [2.75, 3.05) is 13.2 Å². The normalized spacial score (nSPS) is 9.60. The molecular weight excluding hydrogens is 524 g/mol. The summed E-state index contributed by atoms with van der Waals surface area (Å²) in [4.78, 5) is 35.7. The van der Waals surface area contributed by atoms with Gasteiger partial charge in [0.05, 0.1) is 13.2 Å². The molecule has 7 heteroatoms. The molecule has 3 rings (SSSR count). The van der Waals surface area contributed by atoms with Crippen molar-refractivity contribution in [3.05, 3.63) is 115 Å². The van der Waals surface area contributed by atoms with E-state index in [2.05, 4.69) is 36.8 Å². The zero-order valence-electron chi connectivity index (χ0n) is 21.7. The van der Waals surface area contributed by atoms with Crippen LogP contribution in [-0.2, 0) is 14.3 Å². The quantitative estimate of drug-likeness (QED) is 0.0723. The van der Waals surface area contributed by atoms with Crippen molar-refractivity contribution in [1.82, 2.24) is 0 Å². The lowest BCUT2D eigenvalue weighted by atomic mass is 10.1. The number of hydrogen-bond donors (Lipinski definition) is 0. The fraction of sp³-hybridized carbons (Fsp3) is 0.121. The van der Waals surface area contributed by atoms with Crippen LogP contribution in [0.15, 0.2) is 103 Å². The Balaban J connectivity index is 1.44. The number of benzene rings is 3. The summed E-state index contributed by atoms with van der Waals surface area (Å²) in [5.74, 6) is 11.6. The average molecular weight is 551 g/mol. The van der Waals surface area contributed by atoms with Gasteiger partial charge in [-0.2, -0.15) is 0 Å². The lowest BCUT2D eigenvalue weighted by Crippen LogP contribution is -2.04. The monoisotopic (exact) mass is 550 g/mol. The van der Waals surface area contributed by atoms with Gasteiger partial charge in [0.2, 0.25) is 5.12 Å². The highest BCUT2D eigenvalue weighted by Gasteiger charge is 2.08. The van der Waals surface area contributed by atoms with Gasteiger partial charge in [0.15, 0.2) is 0 Å². The van der Waals surface area contributed by atoms with Crippen molar-refractivity contribution in [3.8, 4) is 35.2 Å². The number of esters is 2. The van der Waals surface area contributed by atoms with Gasteiger partial charge in [-0.25, -0.2) is 9.59 Å². The predicted molar refractivity (Wildman–Crippen MR) is 155 cm³/mol. The summed E-state index contributed by atoms with van der Waals surface area (Å²) < 4.78 is 15.6. The van der Waals surface area contributed by atoms with Crippen LogP contribution in [0.1, 0.15) is 34.3 Å². The maximum Gasteiger partial charge on any atom is 0.335 e. The second-order valence-corrected chi connectivity index (χ2v) is 9.06. The van der Waals surface area contributed by atoms with Crippen molar-refractivity contribution in [1.29, 1.82) is 0 Å². The molecule has 3 aromatic carbocycles. The number of ether oxygens (including phenoxy) is 3. The first-order chi connectivity index (χ1) is 19.5. The van der Waals surface area contributed by atoms with Crippen molar-refractivity contribution >= 4 is 28.8 Å². The maximum atomic E-state index is 12.7.